The molecule has 0 aromatic heterocycles. The molecule has 1 aliphatic rings. The Bertz CT molecular complexity index is 928. The van der Waals surface area contributed by atoms with Crippen LogP contribution in [0.5, 0.6) is 5.75 Å². The zero-order valence-electron chi connectivity index (χ0n) is 14.4. The van der Waals surface area contributed by atoms with Gasteiger partial charge in [0.2, 0.25) is 0 Å². The largest absolute Gasteiger partial charge is 0.488 e. The minimum atomic E-state index is -0.914. The van der Waals surface area contributed by atoms with Crippen molar-refractivity contribution in [3.05, 3.63) is 89.0 Å². The first-order chi connectivity index (χ1) is 12.7. The highest BCUT2D eigenvalue weighted by atomic mass is 16.5. The highest BCUT2D eigenvalue weighted by Gasteiger charge is 2.16. The molecule has 1 aliphatic carbocycles. The van der Waals surface area contributed by atoms with Crippen molar-refractivity contribution in [3.63, 3.8) is 0 Å². The van der Waals surface area contributed by atoms with Gasteiger partial charge in [0, 0.05) is 5.56 Å². The highest BCUT2D eigenvalue weighted by Crippen LogP contribution is 2.36. The number of ether oxygens (including phenoxy) is 1. The molecular weight excluding hydrogens is 324 g/mol. The van der Waals surface area contributed by atoms with Crippen LogP contribution in [0.25, 0.3) is 11.1 Å². The average Bonchev–Trinajstić information content (AvgIpc) is 3.14. The zero-order chi connectivity index (χ0) is 17.9. The smallest absolute Gasteiger partial charge is 0.335 e. The minimum Gasteiger partial charge on any atom is -0.488 e. The molecule has 4 rings (SSSR count). The second kappa shape index (κ2) is 7.04. The second-order valence-corrected chi connectivity index (χ2v) is 6.63. The molecule has 0 fully saturated rings. The van der Waals surface area contributed by atoms with E-state index in [1.54, 1.807) is 24.3 Å². The third-order valence-electron chi connectivity index (χ3n) is 4.87. The fourth-order valence-electron chi connectivity index (χ4n) is 3.47. The summed E-state index contributed by atoms with van der Waals surface area (Å²) in [5.74, 6) is -0.0263. The lowest BCUT2D eigenvalue weighted by molar-refractivity contribution is 0.0697. The van der Waals surface area contributed by atoms with Gasteiger partial charge in [-0.1, -0.05) is 42.5 Å². The van der Waals surface area contributed by atoms with Crippen molar-refractivity contribution in [2.24, 2.45) is 0 Å². The van der Waals surface area contributed by atoms with Crippen LogP contribution < -0.4 is 4.74 Å². The molecule has 0 radical (unpaired) electrons. The summed E-state index contributed by atoms with van der Waals surface area (Å²) in [7, 11) is 0. The third kappa shape index (κ3) is 3.33. The third-order valence-corrected chi connectivity index (χ3v) is 4.87. The molecule has 130 valence electrons. The Morgan fingerprint density at radius 2 is 1.62 bits per heavy atom. The monoisotopic (exact) mass is 344 g/mol. The van der Waals surface area contributed by atoms with E-state index in [0.717, 1.165) is 35.3 Å². The number of carboxylic acid groups (broad SMARTS) is 1. The number of benzene rings is 3. The lowest BCUT2D eigenvalue weighted by Gasteiger charge is -2.15. The molecule has 1 N–H and O–H groups in total. The Kier molecular flexibility index (Phi) is 4.44. The first-order valence-electron chi connectivity index (χ1n) is 8.87. The van der Waals surface area contributed by atoms with Gasteiger partial charge in [0.15, 0.2) is 0 Å². The molecule has 0 bridgehead atoms. The molecule has 0 saturated carbocycles. The molecule has 26 heavy (non-hydrogen) atoms. The number of hydrogen-bond donors (Lipinski definition) is 1. The van der Waals surface area contributed by atoms with E-state index in [1.807, 2.05) is 18.2 Å². The SMILES string of the molecule is O=C(O)c1ccc(COc2cc3c(cc2-c2ccccc2)CCC3)cc1. The molecule has 0 amide bonds. The van der Waals surface area contributed by atoms with Crippen LogP contribution in [0.15, 0.2) is 66.7 Å². The highest BCUT2D eigenvalue weighted by molar-refractivity contribution is 5.87. The molecule has 3 nitrogen and oxygen atoms in total. The fourth-order valence-corrected chi connectivity index (χ4v) is 3.47. The molecule has 0 aliphatic heterocycles. The van der Waals surface area contributed by atoms with E-state index in [1.165, 1.54) is 17.5 Å². The summed E-state index contributed by atoms with van der Waals surface area (Å²) in [6.07, 6.45) is 3.43. The number of carbonyl (C=O) groups is 1. The number of carboxylic acids is 1. The van der Waals surface area contributed by atoms with Gasteiger partial charge < -0.3 is 9.84 Å². The van der Waals surface area contributed by atoms with E-state index < -0.39 is 5.97 Å². The van der Waals surface area contributed by atoms with Gasteiger partial charge in [-0.15, -0.1) is 0 Å². The fraction of sp³-hybridized carbons (Fsp3) is 0.174. The molecule has 3 aromatic carbocycles. The molecule has 0 heterocycles. The molecule has 0 spiro atoms. The van der Waals surface area contributed by atoms with E-state index in [9.17, 15) is 4.79 Å². The van der Waals surface area contributed by atoms with Crippen LogP contribution in [-0.4, -0.2) is 11.1 Å². The summed E-state index contributed by atoms with van der Waals surface area (Å²) in [5, 5.41) is 9.00. The summed E-state index contributed by atoms with van der Waals surface area (Å²) < 4.78 is 6.16. The minimum absolute atomic E-state index is 0.288. The van der Waals surface area contributed by atoms with Crippen LogP contribution in [0.2, 0.25) is 0 Å². The number of aryl methyl sites for hydroxylation is 2. The van der Waals surface area contributed by atoms with Crippen molar-refractivity contribution in [2.75, 3.05) is 0 Å². The molecular formula is C23H20O3. The van der Waals surface area contributed by atoms with Crippen LogP contribution >= 0.6 is 0 Å². The predicted molar refractivity (Wildman–Crippen MR) is 102 cm³/mol. The Labute approximate surface area is 152 Å². The van der Waals surface area contributed by atoms with Crippen molar-refractivity contribution in [1.82, 2.24) is 0 Å². The molecule has 0 atom stereocenters. The van der Waals surface area contributed by atoms with Crippen LogP contribution in [0.3, 0.4) is 0 Å². The van der Waals surface area contributed by atoms with Crippen LogP contribution in [0, 0.1) is 0 Å². The van der Waals surface area contributed by atoms with Crippen molar-refractivity contribution in [1.29, 1.82) is 0 Å². The number of aromatic carboxylic acids is 1. The van der Waals surface area contributed by atoms with Gasteiger partial charge in [-0.25, -0.2) is 4.79 Å². The number of hydrogen-bond acceptors (Lipinski definition) is 2. The maximum Gasteiger partial charge on any atom is 0.335 e. The Morgan fingerprint density at radius 3 is 2.31 bits per heavy atom. The van der Waals surface area contributed by atoms with Gasteiger partial charge in [0.05, 0.1) is 5.56 Å². The Hall–Kier alpha value is -3.07. The van der Waals surface area contributed by atoms with Gasteiger partial charge in [0.1, 0.15) is 12.4 Å². The normalized spacial score (nSPS) is 12.6. The van der Waals surface area contributed by atoms with Gasteiger partial charge >= 0.3 is 5.97 Å². The summed E-state index contributed by atoms with van der Waals surface area (Å²) >= 11 is 0. The standard InChI is InChI=1S/C23H20O3/c24-23(25)18-11-9-16(10-12-18)15-26-22-14-20-8-4-7-19(20)13-21(22)17-5-2-1-3-6-17/h1-3,5-6,9-14H,4,7-8,15H2,(H,24,25). The van der Waals surface area contributed by atoms with Gasteiger partial charge in [0.25, 0.3) is 0 Å². The lowest BCUT2D eigenvalue weighted by atomic mass is 9.99. The first-order valence-corrected chi connectivity index (χ1v) is 8.87. The van der Waals surface area contributed by atoms with E-state index in [4.69, 9.17) is 9.84 Å². The summed E-state index contributed by atoms with van der Waals surface area (Å²) in [6, 6.07) is 21.6. The Balaban J connectivity index is 1.62. The van der Waals surface area contributed by atoms with Crippen LogP contribution in [-0.2, 0) is 19.4 Å². The van der Waals surface area contributed by atoms with Crippen molar-refractivity contribution in [2.45, 2.75) is 25.9 Å². The molecule has 0 unspecified atom stereocenters. The van der Waals surface area contributed by atoms with Gasteiger partial charge in [-0.3, -0.25) is 0 Å². The van der Waals surface area contributed by atoms with E-state index in [0.29, 0.717) is 6.61 Å². The predicted octanol–water partition coefficient (Wildman–Crippen LogP) is 5.12. The number of fused-ring (bicyclic) bond motifs is 1. The molecule has 3 heteroatoms. The van der Waals surface area contributed by atoms with Crippen LogP contribution in [0.1, 0.15) is 33.5 Å². The summed E-state index contributed by atoms with van der Waals surface area (Å²) in [6.45, 7) is 0.415. The molecule has 0 saturated heterocycles. The van der Waals surface area contributed by atoms with Crippen molar-refractivity contribution >= 4 is 5.97 Å². The quantitative estimate of drug-likeness (QED) is 0.699. The van der Waals surface area contributed by atoms with E-state index >= 15 is 0 Å². The van der Waals surface area contributed by atoms with E-state index in [2.05, 4.69) is 24.3 Å². The van der Waals surface area contributed by atoms with Crippen molar-refractivity contribution < 1.29 is 14.6 Å². The second-order valence-electron chi connectivity index (χ2n) is 6.63. The molecule has 3 aromatic rings. The Morgan fingerprint density at radius 1 is 0.923 bits per heavy atom. The van der Waals surface area contributed by atoms with Crippen LogP contribution in [0.4, 0.5) is 0 Å². The topological polar surface area (TPSA) is 46.5 Å². The number of rotatable bonds is 5. The maximum atomic E-state index is 11.0. The average molecular weight is 344 g/mol. The van der Waals surface area contributed by atoms with Crippen molar-refractivity contribution in [3.8, 4) is 16.9 Å². The summed E-state index contributed by atoms with van der Waals surface area (Å²) in [4.78, 5) is 11.0. The zero-order valence-corrected chi connectivity index (χ0v) is 14.4. The summed E-state index contributed by atoms with van der Waals surface area (Å²) in [5.41, 5.74) is 6.31. The van der Waals surface area contributed by atoms with Gasteiger partial charge in [-0.2, -0.15) is 0 Å². The van der Waals surface area contributed by atoms with E-state index in [-0.39, 0.29) is 5.56 Å². The maximum absolute atomic E-state index is 11.0. The first kappa shape index (κ1) is 16.4. The van der Waals surface area contributed by atoms with Gasteiger partial charge in [-0.05, 0) is 65.8 Å². The lowest BCUT2D eigenvalue weighted by Crippen LogP contribution is -2.00.